The van der Waals surface area contributed by atoms with E-state index in [1.807, 2.05) is 6.07 Å². The van der Waals surface area contributed by atoms with Crippen molar-refractivity contribution < 1.29 is 14.7 Å². The summed E-state index contributed by atoms with van der Waals surface area (Å²) in [6.07, 6.45) is 1.68. The molecule has 1 fully saturated rings. The minimum Gasteiger partial charge on any atom is -0.585 e. The molecule has 0 aromatic heterocycles. The van der Waals surface area contributed by atoms with Crippen LogP contribution in [-0.4, -0.2) is 21.5 Å². The van der Waals surface area contributed by atoms with Crippen LogP contribution in [0.1, 0.15) is 23.5 Å². The summed E-state index contributed by atoms with van der Waals surface area (Å²) < 4.78 is 0. The van der Waals surface area contributed by atoms with Gasteiger partial charge >= 0.3 is 0 Å². The van der Waals surface area contributed by atoms with Gasteiger partial charge in [-0.3, -0.25) is 0 Å². The summed E-state index contributed by atoms with van der Waals surface area (Å²) in [5.41, 5.74) is 2.14. The fourth-order valence-corrected chi connectivity index (χ4v) is 3.50. The van der Waals surface area contributed by atoms with E-state index in [0.29, 0.717) is 0 Å². The molecule has 1 heterocycles. The maximum Gasteiger partial charge on any atom is 0.115 e. The zero-order valence-corrected chi connectivity index (χ0v) is 12.4. The number of phenols is 1. The zero-order valence-electron chi connectivity index (χ0n) is 9.21. The van der Waals surface area contributed by atoms with E-state index in [1.165, 1.54) is 0 Å². The van der Waals surface area contributed by atoms with Gasteiger partial charge in [0.2, 0.25) is 0 Å². The molecule has 1 aromatic carbocycles. The molecule has 18 heavy (non-hydrogen) atoms. The van der Waals surface area contributed by atoms with Crippen LogP contribution in [0.25, 0.3) is 5.32 Å². The molecule has 1 aliphatic heterocycles. The van der Waals surface area contributed by atoms with Gasteiger partial charge in [0.05, 0.1) is 11.2 Å². The van der Waals surface area contributed by atoms with Crippen molar-refractivity contribution in [3.05, 3.63) is 34.6 Å². The number of amides is 2. The molecule has 1 N–H and O–H groups in total. The number of thioether (sulfide) groups is 1. The largest absolute Gasteiger partial charge is 0.585 e. The third-order valence-electron chi connectivity index (χ3n) is 3.29. The van der Waals surface area contributed by atoms with E-state index < -0.39 is 0 Å². The molecule has 2 atom stereocenters. The smallest absolute Gasteiger partial charge is 0.115 e. The molecule has 0 radical (unpaired) electrons. The number of aromatic hydroxyl groups is 1. The van der Waals surface area contributed by atoms with Gasteiger partial charge in [-0.15, -0.1) is 0 Å². The van der Waals surface area contributed by atoms with Crippen molar-refractivity contribution in [3.63, 3.8) is 0 Å². The summed E-state index contributed by atoms with van der Waals surface area (Å²) in [7, 11) is 0. The number of phenolic OH excluding ortho intramolecular Hbond substituents is 1. The van der Waals surface area contributed by atoms with Crippen molar-refractivity contribution in [2.75, 3.05) is 0 Å². The Morgan fingerprint density at radius 2 is 2.11 bits per heavy atom. The fourth-order valence-electron chi connectivity index (χ4n) is 2.54. The Morgan fingerprint density at radius 1 is 1.33 bits per heavy atom. The van der Waals surface area contributed by atoms with E-state index in [9.17, 15) is 14.7 Å². The second-order valence-electron chi connectivity index (χ2n) is 4.28. The molecule has 0 bridgehead atoms. The van der Waals surface area contributed by atoms with Crippen LogP contribution < -0.4 is 0 Å². The van der Waals surface area contributed by atoms with Gasteiger partial charge < -0.3 is 20.0 Å². The van der Waals surface area contributed by atoms with Crippen LogP contribution in [0.5, 0.6) is 5.75 Å². The molecule has 1 unspecified atom stereocenters. The topological polar surface area (TPSA) is 68.5 Å². The van der Waals surface area contributed by atoms with Crippen LogP contribution in [0.2, 0.25) is 0 Å². The number of carbonyl (C=O) groups excluding carboxylic acids is 2. The van der Waals surface area contributed by atoms with Crippen molar-refractivity contribution in [1.82, 2.24) is 0 Å². The molecule has 2 aliphatic rings. The van der Waals surface area contributed by atoms with Gasteiger partial charge in [0, 0.05) is 5.92 Å². The number of hydrogen-bond donors (Lipinski definition) is 1. The predicted molar refractivity (Wildman–Crippen MR) is 64.3 cm³/mol. The van der Waals surface area contributed by atoms with E-state index in [2.05, 4.69) is 5.32 Å². The molecule has 0 saturated carbocycles. The Morgan fingerprint density at radius 3 is 2.78 bits per heavy atom. The number of hydrogen-bond acceptors (Lipinski definition) is 4. The molecule has 2 amide bonds. The SMILES string of the molecule is O=C1[N-]C(=O)C([C@@H]2CCc3cc(O)ccc32)S1.[Fm]. The van der Waals surface area contributed by atoms with E-state index >= 15 is 0 Å². The third kappa shape index (κ3) is 1.68. The Hall–Kier alpha value is -2.49. The molecule has 1 aliphatic carbocycles. The first-order valence-electron chi connectivity index (χ1n) is 5.43. The molecular formula is C12H10FmNO3S-. The molecule has 6 heteroatoms. The molecular weight excluding hydrogens is 495 g/mol. The van der Waals surface area contributed by atoms with E-state index in [4.69, 9.17) is 0 Å². The predicted octanol–water partition coefficient (Wildman–Crippen LogP) is 2.56. The van der Waals surface area contributed by atoms with Gasteiger partial charge in [-0.25, -0.2) is 0 Å². The van der Waals surface area contributed by atoms with Crippen LogP contribution in [0.3, 0.4) is 0 Å². The number of rotatable bonds is 1. The van der Waals surface area contributed by atoms with Gasteiger partial charge in [-0.1, -0.05) is 17.8 Å². The monoisotopic (exact) mass is 505 g/mol. The van der Waals surface area contributed by atoms with Crippen LogP contribution >= 0.6 is 11.8 Å². The Balaban J connectivity index is 0.00000120. The number of imide groups is 1. The van der Waals surface area contributed by atoms with Crippen molar-refractivity contribution in [3.8, 4) is 5.75 Å². The average molecular weight is 505 g/mol. The summed E-state index contributed by atoms with van der Waals surface area (Å²) in [6.45, 7) is 0. The van der Waals surface area contributed by atoms with Crippen LogP contribution in [0.15, 0.2) is 18.2 Å². The molecule has 100 valence electrons. The number of nitrogens with zero attached hydrogens (tertiary/aromatic N) is 1. The second-order valence-corrected chi connectivity index (χ2v) is 5.38. The molecule has 1 saturated heterocycles. The Kier molecular flexibility index (Phi) is 2.71. The minimum atomic E-state index is -0.382. The molecule has 1 aromatic rings. The number of benzene rings is 1. The number of aryl methyl sites for hydroxylation is 1. The summed E-state index contributed by atoms with van der Waals surface area (Å²) in [4.78, 5) is 22.7. The molecule has 0 spiro atoms. The normalized spacial score (nSPS) is 25.6. The molecule has 3 rings (SSSR count). The summed E-state index contributed by atoms with van der Waals surface area (Å²) >= 11 is 1.02. The number of fused-ring (bicyclic) bond motifs is 1. The standard InChI is InChI=1S/C12H11NO3S.Fm/c14-7-2-4-8-6(5-7)1-3-9(8)10-11(15)13-12(16)17-10;/h2,4-5,9-10H,1,3H2,(H2,13,14,15,16);/p-1/t9-,10?;/m1./s1. The first-order chi connectivity index (χ1) is 8.15. The van der Waals surface area contributed by atoms with Crippen LogP contribution in [0, 0.1) is 0 Å². The summed E-state index contributed by atoms with van der Waals surface area (Å²) in [5, 5.41) is 12.1. The maximum atomic E-state index is 11.6. The average Bonchev–Trinajstić information content (AvgIpc) is 2.81. The first kappa shape index (κ1) is 12.0. The Bertz CT molecular complexity index is 520. The first-order valence-corrected chi connectivity index (χ1v) is 6.31. The minimum absolute atomic E-state index is 0. The summed E-state index contributed by atoms with van der Waals surface area (Å²) in [5.74, 6) is -0.0141. The van der Waals surface area contributed by atoms with Crippen molar-refractivity contribution in [1.29, 1.82) is 0 Å². The Labute approximate surface area is 102 Å². The quantitative estimate of drug-likeness (QED) is 0.638. The van der Waals surface area contributed by atoms with Crippen LogP contribution in [0.4, 0.5) is 4.79 Å². The maximum absolute atomic E-state index is 11.6. The van der Waals surface area contributed by atoms with E-state index in [-0.39, 0.29) is 28.1 Å². The number of carbonyl (C=O) groups is 2. The summed E-state index contributed by atoms with van der Waals surface area (Å²) in [6, 6.07) is 5.21. The third-order valence-corrected chi connectivity index (χ3v) is 4.37. The van der Waals surface area contributed by atoms with Gasteiger partial charge in [-0.2, -0.15) is 0 Å². The van der Waals surface area contributed by atoms with Crippen molar-refractivity contribution >= 4 is 22.9 Å². The zero-order chi connectivity index (χ0) is 12.0. The van der Waals surface area contributed by atoms with Gasteiger partial charge in [0.25, 0.3) is 0 Å². The van der Waals surface area contributed by atoms with E-state index in [1.54, 1.807) is 12.1 Å². The van der Waals surface area contributed by atoms with Gasteiger partial charge in [-0.05, 0) is 36.1 Å². The van der Waals surface area contributed by atoms with Gasteiger partial charge in [0.15, 0.2) is 0 Å². The molecule has 4 nitrogen and oxygen atoms in total. The van der Waals surface area contributed by atoms with Crippen molar-refractivity contribution in [2.45, 2.75) is 24.0 Å². The van der Waals surface area contributed by atoms with E-state index in [0.717, 1.165) is 35.7 Å². The van der Waals surface area contributed by atoms with Crippen molar-refractivity contribution in [2.24, 2.45) is 0 Å². The van der Waals surface area contributed by atoms with Gasteiger partial charge in [0.1, 0.15) is 11.0 Å². The second kappa shape index (κ2) is 4.07. The van der Waals surface area contributed by atoms with Crippen LogP contribution in [-0.2, 0) is 11.2 Å². The fraction of sp³-hybridized carbons (Fsp3) is 0.333.